The highest BCUT2D eigenvalue weighted by atomic mass is 16.5. The first-order valence-corrected chi connectivity index (χ1v) is 18.6. The van der Waals surface area contributed by atoms with Gasteiger partial charge in [0, 0.05) is 65.6 Å². The van der Waals surface area contributed by atoms with E-state index in [9.17, 15) is 0 Å². The molecule has 0 radical (unpaired) electrons. The van der Waals surface area contributed by atoms with Gasteiger partial charge in [-0.3, -0.25) is 0 Å². The first-order valence-electron chi connectivity index (χ1n) is 18.6. The SMILES string of the molecule is COCCCc1c2ccccc2c(CCCOC)c2c(Oc3c(C)ccc4c(CCCOC)c5ccccc5c(CCCOC)c34)c(C)ccc12. The Hall–Kier alpha value is -4.00. The van der Waals surface area contributed by atoms with Crippen LogP contribution in [0, 0.1) is 13.8 Å². The number of fused-ring (bicyclic) bond motifs is 4. The van der Waals surface area contributed by atoms with Crippen LogP contribution in [0.3, 0.4) is 0 Å². The van der Waals surface area contributed by atoms with Gasteiger partial charge in [-0.1, -0.05) is 72.8 Å². The molecular weight excluding hydrogens is 633 g/mol. The Kier molecular flexibility index (Phi) is 12.6. The van der Waals surface area contributed by atoms with Gasteiger partial charge in [0.2, 0.25) is 0 Å². The van der Waals surface area contributed by atoms with E-state index in [1.54, 1.807) is 28.4 Å². The van der Waals surface area contributed by atoms with Crippen molar-refractivity contribution in [3.8, 4) is 11.5 Å². The summed E-state index contributed by atoms with van der Waals surface area (Å²) in [6.07, 6.45) is 7.42. The summed E-state index contributed by atoms with van der Waals surface area (Å²) >= 11 is 0. The van der Waals surface area contributed by atoms with Gasteiger partial charge in [-0.05, 0) is 131 Å². The molecule has 0 atom stereocenters. The summed E-state index contributed by atoms with van der Waals surface area (Å²) in [6.45, 7) is 7.25. The van der Waals surface area contributed by atoms with Crippen LogP contribution in [0.1, 0.15) is 59.1 Å². The van der Waals surface area contributed by atoms with Crippen molar-refractivity contribution in [1.29, 1.82) is 0 Å². The van der Waals surface area contributed by atoms with E-state index in [-0.39, 0.29) is 0 Å². The summed E-state index contributed by atoms with van der Waals surface area (Å²) in [7, 11) is 7.14. The predicted molar refractivity (Wildman–Crippen MR) is 213 cm³/mol. The van der Waals surface area contributed by atoms with Gasteiger partial charge >= 0.3 is 0 Å². The Morgan fingerprint density at radius 3 is 1.02 bits per heavy atom. The van der Waals surface area contributed by atoms with Crippen LogP contribution < -0.4 is 4.74 Å². The molecule has 6 aromatic rings. The van der Waals surface area contributed by atoms with Gasteiger partial charge in [-0.25, -0.2) is 0 Å². The number of hydrogen-bond acceptors (Lipinski definition) is 5. The highest BCUT2D eigenvalue weighted by Gasteiger charge is 2.23. The van der Waals surface area contributed by atoms with Crippen molar-refractivity contribution in [2.45, 2.75) is 65.2 Å². The molecule has 0 heterocycles. The van der Waals surface area contributed by atoms with Gasteiger partial charge in [0.15, 0.2) is 0 Å². The molecule has 0 aromatic heterocycles. The van der Waals surface area contributed by atoms with E-state index in [0.717, 1.165) is 87.2 Å². The lowest BCUT2D eigenvalue weighted by Gasteiger charge is -2.24. The lowest BCUT2D eigenvalue weighted by atomic mass is 9.86. The Morgan fingerprint density at radius 1 is 0.373 bits per heavy atom. The van der Waals surface area contributed by atoms with Gasteiger partial charge < -0.3 is 23.7 Å². The molecule has 5 heteroatoms. The fourth-order valence-corrected chi connectivity index (χ4v) is 8.05. The largest absolute Gasteiger partial charge is 0.455 e. The Bertz CT molecular complexity index is 1960. The zero-order chi connectivity index (χ0) is 35.7. The van der Waals surface area contributed by atoms with E-state index >= 15 is 0 Å². The van der Waals surface area contributed by atoms with Crippen LogP contribution in [0.4, 0.5) is 0 Å². The molecule has 0 fully saturated rings. The fourth-order valence-electron chi connectivity index (χ4n) is 8.05. The summed E-state index contributed by atoms with van der Waals surface area (Å²) in [4.78, 5) is 0. The maximum Gasteiger partial charge on any atom is 0.138 e. The Morgan fingerprint density at radius 2 is 0.686 bits per heavy atom. The number of aryl methyl sites for hydroxylation is 6. The highest BCUT2D eigenvalue weighted by molar-refractivity contribution is 6.11. The molecule has 5 nitrogen and oxygen atoms in total. The van der Waals surface area contributed by atoms with E-state index in [2.05, 4.69) is 86.6 Å². The van der Waals surface area contributed by atoms with E-state index in [0.29, 0.717) is 13.2 Å². The summed E-state index contributed by atoms with van der Waals surface area (Å²) in [6, 6.07) is 26.9. The molecule has 0 saturated heterocycles. The second-order valence-corrected chi connectivity index (χ2v) is 13.8. The highest BCUT2D eigenvalue weighted by Crippen LogP contribution is 2.47. The minimum atomic E-state index is 0.708. The summed E-state index contributed by atoms with van der Waals surface area (Å²) < 4.78 is 29.7. The van der Waals surface area contributed by atoms with E-state index in [1.165, 1.54) is 65.3 Å². The minimum Gasteiger partial charge on any atom is -0.455 e. The molecule has 0 aliphatic rings. The number of rotatable bonds is 18. The van der Waals surface area contributed by atoms with Crippen molar-refractivity contribution >= 4 is 43.1 Å². The molecule has 0 aliphatic heterocycles. The molecule has 0 spiro atoms. The zero-order valence-corrected chi connectivity index (χ0v) is 31.5. The molecule has 0 amide bonds. The molecule has 0 N–H and O–H groups in total. The van der Waals surface area contributed by atoms with Crippen molar-refractivity contribution in [1.82, 2.24) is 0 Å². The second-order valence-electron chi connectivity index (χ2n) is 13.8. The van der Waals surface area contributed by atoms with Crippen LogP contribution in [0.2, 0.25) is 0 Å². The number of hydrogen-bond donors (Lipinski definition) is 0. The molecular formula is C46H54O5. The van der Waals surface area contributed by atoms with Gasteiger partial charge in [-0.15, -0.1) is 0 Å². The van der Waals surface area contributed by atoms with E-state index in [4.69, 9.17) is 23.7 Å². The quantitative estimate of drug-likeness (QED) is 0.0665. The molecule has 0 saturated carbocycles. The van der Waals surface area contributed by atoms with E-state index < -0.39 is 0 Å². The maximum absolute atomic E-state index is 7.51. The lowest BCUT2D eigenvalue weighted by Crippen LogP contribution is -2.04. The first-order chi connectivity index (χ1) is 25.0. The average Bonchev–Trinajstić information content (AvgIpc) is 3.15. The van der Waals surface area contributed by atoms with Crippen LogP contribution in [0.5, 0.6) is 11.5 Å². The monoisotopic (exact) mass is 686 g/mol. The molecule has 6 rings (SSSR count). The van der Waals surface area contributed by atoms with Crippen molar-refractivity contribution < 1.29 is 23.7 Å². The van der Waals surface area contributed by atoms with Gasteiger partial charge in [0.25, 0.3) is 0 Å². The van der Waals surface area contributed by atoms with Crippen LogP contribution in [-0.2, 0) is 44.6 Å². The number of methoxy groups -OCH3 is 4. The standard InChI is InChI=1S/C46H54O5/c1-31-23-25-41-37(19-11-27-47-3)33-15-7-9-17-35(33)39(21-13-29-49-5)43(41)45(31)51-46-32(2)24-26-42-38(20-12-28-48-4)34-16-8-10-18-36(34)40(44(42)46)22-14-30-50-6/h7-10,15-18,23-26H,11-14,19-22,27-30H2,1-6H3. The topological polar surface area (TPSA) is 46.2 Å². The number of ether oxygens (including phenoxy) is 5. The third-order valence-electron chi connectivity index (χ3n) is 10.4. The van der Waals surface area contributed by atoms with Crippen LogP contribution in [-0.4, -0.2) is 54.9 Å². The normalized spacial score (nSPS) is 11.8. The van der Waals surface area contributed by atoms with Crippen molar-refractivity contribution in [2.75, 3.05) is 54.9 Å². The maximum atomic E-state index is 7.51. The minimum absolute atomic E-state index is 0.708. The molecule has 0 unspecified atom stereocenters. The molecule has 0 bridgehead atoms. The average molecular weight is 687 g/mol. The molecule has 0 aliphatic carbocycles. The zero-order valence-electron chi connectivity index (χ0n) is 31.5. The second kappa shape index (κ2) is 17.5. The summed E-state index contributed by atoms with van der Waals surface area (Å²) in [5.41, 5.74) is 7.64. The smallest absolute Gasteiger partial charge is 0.138 e. The van der Waals surface area contributed by atoms with Crippen molar-refractivity contribution in [2.24, 2.45) is 0 Å². The fraction of sp³-hybridized carbons (Fsp3) is 0.391. The molecule has 6 aromatic carbocycles. The van der Waals surface area contributed by atoms with Gasteiger partial charge in [0.1, 0.15) is 11.5 Å². The van der Waals surface area contributed by atoms with Gasteiger partial charge in [-0.2, -0.15) is 0 Å². The lowest BCUT2D eigenvalue weighted by molar-refractivity contribution is 0.195. The van der Waals surface area contributed by atoms with Crippen LogP contribution >= 0.6 is 0 Å². The predicted octanol–water partition coefficient (Wildman–Crippen LogP) is 11.0. The van der Waals surface area contributed by atoms with Crippen molar-refractivity contribution in [3.63, 3.8) is 0 Å². The third-order valence-corrected chi connectivity index (χ3v) is 10.4. The van der Waals surface area contributed by atoms with Crippen LogP contribution in [0.15, 0.2) is 72.8 Å². The Labute approximate surface area is 303 Å². The molecule has 268 valence electrons. The number of benzene rings is 6. The van der Waals surface area contributed by atoms with Gasteiger partial charge in [0.05, 0.1) is 0 Å². The van der Waals surface area contributed by atoms with Crippen molar-refractivity contribution in [3.05, 3.63) is 106 Å². The summed E-state index contributed by atoms with van der Waals surface area (Å²) in [5, 5.41) is 10.2. The molecule has 51 heavy (non-hydrogen) atoms. The Balaban J connectivity index is 1.66. The van der Waals surface area contributed by atoms with Crippen LogP contribution in [0.25, 0.3) is 43.1 Å². The van der Waals surface area contributed by atoms with E-state index in [1.807, 2.05) is 0 Å². The summed E-state index contributed by atoms with van der Waals surface area (Å²) in [5.74, 6) is 1.90. The third kappa shape index (κ3) is 7.64. The first kappa shape index (κ1) is 36.8.